The Hall–Kier alpha value is -5.95. The number of para-hydroxylation sites is 3. The van der Waals surface area contributed by atoms with Gasteiger partial charge >= 0.3 is 12.0 Å². The largest absolute Gasteiger partial charge is 0.462 e. The van der Waals surface area contributed by atoms with Crippen molar-refractivity contribution in [2.24, 2.45) is 4.99 Å². The Kier molecular flexibility index (Phi) is 9.30. The van der Waals surface area contributed by atoms with E-state index in [0.717, 1.165) is 28.2 Å². The summed E-state index contributed by atoms with van der Waals surface area (Å²) >= 11 is 0. The molecule has 1 saturated heterocycles. The third kappa shape index (κ3) is 6.89. The molecular weight excluding hydrogens is 574 g/mol. The minimum Gasteiger partial charge on any atom is -0.462 e. The number of aliphatic imine (C=N–C) groups is 1. The summed E-state index contributed by atoms with van der Waals surface area (Å²) in [5.41, 5.74) is 5.58. The molecular formula is C39H33N3O4. The fraction of sp³-hybridized carbons (Fsp3) is 0.103. The molecule has 1 heterocycles. The van der Waals surface area contributed by atoms with Gasteiger partial charge in [0.2, 0.25) is 0 Å². The molecule has 228 valence electrons. The van der Waals surface area contributed by atoms with Gasteiger partial charge in [0.25, 0.3) is 5.91 Å². The number of esters is 1. The molecule has 1 fully saturated rings. The van der Waals surface area contributed by atoms with Gasteiger partial charge in [-0.25, -0.2) is 4.79 Å². The van der Waals surface area contributed by atoms with Crippen LogP contribution in [-0.4, -0.2) is 35.9 Å². The van der Waals surface area contributed by atoms with Gasteiger partial charge < -0.3 is 14.4 Å². The Morgan fingerprint density at radius 2 is 1.33 bits per heavy atom. The SMILES string of the molecule is CCOC(=O)c1ccccc1/N=C1\O/C(=C/c2ccc(N(c3ccccc3)c3ccccc3)cc2)C(=O)N1CCc1ccccc1. The molecule has 0 unspecified atom stereocenters. The number of hydrogen-bond acceptors (Lipinski definition) is 6. The maximum absolute atomic E-state index is 13.8. The molecule has 0 saturated carbocycles. The van der Waals surface area contributed by atoms with Gasteiger partial charge in [-0.2, -0.15) is 4.99 Å². The van der Waals surface area contributed by atoms with Crippen molar-refractivity contribution in [2.75, 3.05) is 18.1 Å². The maximum Gasteiger partial charge on any atom is 0.340 e. The summed E-state index contributed by atoms with van der Waals surface area (Å²) in [6.07, 6.45) is 2.32. The van der Waals surface area contributed by atoms with Crippen molar-refractivity contribution in [2.45, 2.75) is 13.3 Å². The number of amidine groups is 1. The lowest BCUT2D eigenvalue weighted by atomic mass is 10.1. The highest BCUT2D eigenvalue weighted by atomic mass is 16.5. The minimum atomic E-state index is -0.487. The Morgan fingerprint density at radius 1 is 0.761 bits per heavy atom. The van der Waals surface area contributed by atoms with Gasteiger partial charge in [0, 0.05) is 23.6 Å². The molecule has 0 N–H and O–H groups in total. The first-order chi connectivity index (χ1) is 22.6. The summed E-state index contributed by atoms with van der Waals surface area (Å²) in [5.74, 6) is -0.641. The summed E-state index contributed by atoms with van der Waals surface area (Å²) in [7, 11) is 0. The van der Waals surface area contributed by atoms with E-state index in [1.807, 2.05) is 91.0 Å². The van der Waals surface area contributed by atoms with Gasteiger partial charge in [-0.3, -0.25) is 9.69 Å². The number of benzene rings is 5. The van der Waals surface area contributed by atoms with E-state index in [1.54, 1.807) is 37.3 Å². The third-order valence-electron chi connectivity index (χ3n) is 7.45. The van der Waals surface area contributed by atoms with Gasteiger partial charge in [-0.05, 0) is 79.1 Å². The molecule has 7 nitrogen and oxygen atoms in total. The van der Waals surface area contributed by atoms with Crippen LogP contribution in [0.3, 0.4) is 0 Å². The zero-order valence-electron chi connectivity index (χ0n) is 25.5. The van der Waals surface area contributed by atoms with E-state index in [0.29, 0.717) is 24.2 Å². The molecule has 1 aliphatic rings. The van der Waals surface area contributed by atoms with Crippen LogP contribution in [0.25, 0.3) is 6.08 Å². The minimum absolute atomic E-state index is 0.111. The molecule has 0 atom stereocenters. The molecule has 0 radical (unpaired) electrons. The quantitative estimate of drug-likeness (QED) is 0.118. The number of hydrogen-bond donors (Lipinski definition) is 0. The molecule has 1 amide bonds. The lowest BCUT2D eigenvalue weighted by Gasteiger charge is -2.25. The van der Waals surface area contributed by atoms with Crippen molar-refractivity contribution >= 4 is 46.7 Å². The summed E-state index contributed by atoms with van der Waals surface area (Å²) in [6, 6.07) is 45.2. The van der Waals surface area contributed by atoms with Crippen LogP contribution in [0.2, 0.25) is 0 Å². The van der Waals surface area contributed by atoms with Crippen molar-refractivity contribution in [1.29, 1.82) is 0 Å². The van der Waals surface area contributed by atoms with Crippen molar-refractivity contribution in [3.8, 4) is 0 Å². The van der Waals surface area contributed by atoms with Crippen LogP contribution in [0.1, 0.15) is 28.4 Å². The normalized spacial score (nSPS) is 14.4. The second-order valence-corrected chi connectivity index (χ2v) is 10.5. The number of nitrogens with zero attached hydrogens (tertiary/aromatic N) is 3. The Balaban J connectivity index is 1.31. The van der Waals surface area contributed by atoms with Crippen molar-refractivity contribution < 1.29 is 19.1 Å². The molecule has 5 aromatic carbocycles. The van der Waals surface area contributed by atoms with Crippen LogP contribution in [0.5, 0.6) is 0 Å². The highest BCUT2D eigenvalue weighted by molar-refractivity contribution is 6.12. The number of carbonyl (C=O) groups is 2. The highest BCUT2D eigenvalue weighted by Crippen LogP contribution is 2.34. The number of carbonyl (C=O) groups excluding carboxylic acids is 2. The van der Waals surface area contributed by atoms with Crippen LogP contribution < -0.4 is 4.90 Å². The zero-order valence-corrected chi connectivity index (χ0v) is 25.5. The van der Waals surface area contributed by atoms with E-state index in [9.17, 15) is 9.59 Å². The molecule has 46 heavy (non-hydrogen) atoms. The van der Waals surface area contributed by atoms with Crippen molar-refractivity contribution in [3.05, 3.63) is 162 Å². The Morgan fingerprint density at radius 3 is 1.96 bits per heavy atom. The van der Waals surface area contributed by atoms with E-state index in [4.69, 9.17) is 9.47 Å². The fourth-order valence-electron chi connectivity index (χ4n) is 5.20. The van der Waals surface area contributed by atoms with Gasteiger partial charge in [-0.15, -0.1) is 0 Å². The summed E-state index contributed by atoms with van der Waals surface area (Å²) in [6.45, 7) is 2.34. The smallest absolute Gasteiger partial charge is 0.340 e. The topological polar surface area (TPSA) is 71.4 Å². The van der Waals surface area contributed by atoms with E-state index in [2.05, 4.69) is 34.2 Å². The second-order valence-electron chi connectivity index (χ2n) is 10.5. The molecule has 0 aromatic heterocycles. The average molecular weight is 608 g/mol. The standard InChI is InChI=1S/C39H33N3O4/c1-2-45-38(44)34-20-12-13-21-35(34)40-39-41(27-26-29-14-6-3-7-15-29)37(43)36(46-39)28-30-22-24-33(25-23-30)42(31-16-8-4-9-17-31)32-18-10-5-11-19-32/h3-25,28H,2,26-27H2,1H3/b36-28+,40-39-. The number of anilines is 3. The van der Waals surface area contributed by atoms with Gasteiger partial charge in [-0.1, -0.05) is 91.0 Å². The van der Waals surface area contributed by atoms with E-state index >= 15 is 0 Å². The molecule has 5 aromatic rings. The number of rotatable bonds is 10. The molecule has 1 aliphatic heterocycles. The van der Waals surface area contributed by atoms with Crippen LogP contribution in [0.15, 0.2) is 150 Å². The van der Waals surface area contributed by atoms with Gasteiger partial charge in [0.15, 0.2) is 5.76 Å². The monoisotopic (exact) mass is 607 g/mol. The van der Waals surface area contributed by atoms with Gasteiger partial charge in [0.1, 0.15) is 0 Å². The molecule has 0 spiro atoms. The average Bonchev–Trinajstić information content (AvgIpc) is 3.39. The van der Waals surface area contributed by atoms with Crippen LogP contribution in [-0.2, 0) is 20.7 Å². The predicted molar refractivity (Wildman–Crippen MR) is 182 cm³/mol. The van der Waals surface area contributed by atoms with Crippen molar-refractivity contribution in [3.63, 3.8) is 0 Å². The molecule has 0 bridgehead atoms. The first-order valence-electron chi connectivity index (χ1n) is 15.2. The first kappa shape index (κ1) is 30.1. The predicted octanol–water partition coefficient (Wildman–Crippen LogP) is 8.46. The first-order valence-corrected chi connectivity index (χ1v) is 15.2. The van der Waals surface area contributed by atoms with E-state index in [1.165, 1.54) is 4.90 Å². The van der Waals surface area contributed by atoms with Crippen molar-refractivity contribution in [1.82, 2.24) is 4.90 Å². The summed E-state index contributed by atoms with van der Waals surface area (Å²) in [4.78, 5) is 34.7. The summed E-state index contributed by atoms with van der Waals surface area (Å²) in [5, 5.41) is 0. The van der Waals surface area contributed by atoms with Crippen LogP contribution >= 0.6 is 0 Å². The Bertz CT molecular complexity index is 1820. The third-order valence-corrected chi connectivity index (χ3v) is 7.45. The molecule has 6 rings (SSSR count). The van der Waals surface area contributed by atoms with Gasteiger partial charge in [0.05, 0.1) is 17.9 Å². The lowest BCUT2D eigenvalue weighted by molar-refractivity contribution is -0.122. The summed E-state index contributed by atoms with van der Waals surface area (Å²) < 4.78 is 11.3. The number of ether oxygens (including phenoxy) is 2. The molecule has 0 aliphatic carbocycles. The second kappa shape index (κ2) is 14.2. The maximum atomic E-state index is 13.8. The van der Waals surface area contributed by atoms with E-state index in [-0.39, 0.29) is 24.3 Å². The Labute approximate surface area is 268 Å². The molecule has 7 heteroatoms. The number of amides is 1. The zero-order chi connectivity index (χ0) is 31.7. The lowest BCUT2D eigenvalue weighted by Crippen LogP contribution is -2.32. The van der Waals surface area contributed by atoms with E-state index < -0.39 is 5.97 Å². The highest BCUT2D eigenvalue weighted by Gasteiger charge is 2.35. The fourth-order valence-corrected chi connectivity index (χ4v) is 5.20. The van der Waals surface area contributed by atoms with Crippen LogP contribution in [0.4, 0.5) is 22.7 Å². The van der Waals surface area contributed by atoms with Crippen LogP contribution in [0, 0.1) is 0 Å².